The zero-order valence-electron chi connectivity index (χ0n) is 41.1. The Kier molecular flexibility index (Phi) is 47.6. The minimum atomic E-state index is -4.64. The Labute approximate surface area is 387 Å². The van der Waals surface area contributed by atoms with Crippen LogP contribution in [0.3, 0.4) is 0 Å². The molecule has 10 nitrogen and oxygen atoms in total. The van der Waals surface area contributed by atoms with Gasteiger partial charge in [0.1, 0.15) is 12.2 Å². The van der Waals surface area contributed by atoms with Crippen molar-refractivity contribution >= 4 is 19.8 Å². The van der Waals surface area contributed by atoms with Gasteiger partial charge in [-0.1, -0.05) is 231 Å². The molecule has 0 aliphatic heterocycles. The van der Waals surface area contributed by atoms with Gasteiger partial charge in [0.15, 0.2) is 0 Å². The number of hydrogen-bond acceptors (Lipinski definition) is 9. The molecule has 0 fully saturated rings. The largest absolute Gasteiger partial charge is 0.472 e. The molecule has 0 radical (unpaired) electrons. The SMILES string of the molecule is CCCCCCCC/C=C\CCCCCCCCCC(=O)OC(CO)COP(=O)(O)OCC(CO)OC(=O)CCCCCCCCCCCCCCCCCCCCCCCCC. The van der Waals surface area contributed by atoms with E-state index >= 15 is 0 Å². The lowest BCUT2D eigenvalue weighted by Gasteiger charge is -2.20. The van der Waals surface area contributed by atoms with Crippen molar-refractivity contribution in [1.82, 2.24) is 0 Å². The molecule has 0 spiro atoms. The number of hydrogen-bond donors (Lipinski definition) is 3. The Bertz CT molecular complexity index is 1060. The normalized spacial score (nSPS) is 13.7. The fraction of sp³-hybridized carbons (Fsp3) is 0.923. The Morgan fingerprint density at radius 3 is 0.905 bits per heavy atom. The number of allylic oxidation sites excluding steroid dienone is 2. The second kappa shape index (κ2) is 48.6. The molecule has 3 unspecified atom stereocenters. The Balaban J connectivity index is 3.78. The lowest BCUT2D eigenvalue weighted by atomic mass is 10.0. The van der Waals surface area contributed by atoms with E-state index in [2.05, 4.69) is 26.0 Å². The first-order valence-corrected chi connectivity index (χ1v) is 28.1. The van der Waals surface area contributed by atoms with Crippen LogP contribution in [0.2, 0.25) is 0 Å². The first-order chi connectivity index (χ1) is 30.8. The van der Waals surface area contributed by atoms with Crippen LogP contribution >= 0.6 is 7.82 Å². The van der Waals surface area contributed by atoms with Crippen molar-refractivity contribution in [2.75, 3.05) is 26.4 Å². The highest BCUT2D eigenvalue weighted by molar-refractivity contribution is 7.47. The number of carbonyl (C=O) groups excluding carboxylic acids is 2. The summed E-state index contributed by atoms with van der Waals surface area (Å²) in [4.78, 5) is 34.7. The molecule has 0 heterocycles. The number of aliphatic hydroxyl groups excluding tert-OH is 2. The standard InChI is InChI=1S/C52H101O10P/c1-3-5-7-9-11-13-15-17-19-21-22-23-24-25-26-28-30-32-34-36-38-40-42-44-52(56)62-50(46-54)48-60-63(57,58)59-47-49(45-53)61-51(55)43-41-39-37-35-33-31-29-27-20-18-16-14-12-10-8-6-4-2/h18,20,49-50,53-54H,3-17,19,21-48H2,1-2H3,(H,57,58)/b20-18-. The predicted octanol–water partition coefficient (Wildman–Crippen LogP) is 15.1. The Hall–Kier alpha value is -1.29. The van der Waals surface area contributed by atoms with Gasteiger partial charge in [0.25, 0.3) is 0 Å². The van der Waals surface area contributed by atoms with Gasteiger partial charge in [-0.15, -0.1) is 0 Å². The third kappa shape index (κ3) is 47.0. The fourth-order valence-electron chi connectivity index (χ4n) is 7.88. The maximum Gasteiger partial charge on any atom is 0.472 e. The van der Waals surface area contributed by atoms with E-state index in [1.54, 1.807) is 0 Å². The molecule has 3 atom stereocenters. The molecule has 63 heavy (non-hydrogen) atoms. The van der Waals surface area contributed by atoms with Crippen LogP contribution in [-0.2, 0) is 32.7 Å². The summed E-state index contributed by atoms with van der Waals surface area (Å²) in [7, 11) is -4.64. The molecule has 0 bridgehead atoms. The lowest BCUT2D eigenvalue weighted by molar-refractivity contribution is -0.153. The van der Waals surface area contributed by atoms with Crippen LogP contribution in [0, 0.1) is 0 Å². The van der Waals surface area contributed by atoms with E-state index in [4.69, 9.17) is 18.5 Å². The van der Waals surface area contributed by atoms with Gasteiger partial charge in [-0.3, -0.25) is 18.6 Å². The van der Waals surface area contributed by atoms with Crippen molar-refractivity contribution in [2.45, 2.75) is 283 Å². The molecule has 0 aliphatic rings. The van der Waals surface area contributed by atoms with E-state index < -0.39 is 58.4 Å². The molecule has 374 valence electrons. The number of rotatable bonds is 51. The Morgan fingerprint density at radius 1 is 0.413 bits per heavy atom. The topological polar surface area (TPSA) is 149 Å². The van der Waals surface area contributed by atoms with Crippen molar-refractivity contribution in [3.8, 4) is 0 Å². The minimum absolute atomic E-state index is 0.191. The maximum absolute atomic E-state index is 12.4. The number of ether oxygens (including phenoxy) is 2. The monoisotopic (exact) mass is 917 g/mol. The quantitative estimate of drug-likeness (QED) is 0.0233. The van der Waals surface area contributed by atoms with Gasteiger partial charge in [-0.2, -0.15) is 0 Å². The molecule has 0 aliphatic carbocycles. The number of aliphatic hydroxyl groups is 2. The van der Waals surface area contributed by atoms with E-state index in [1.807, 2.05) is 0 Å². The minimum Gasteiger partial charge on any atom is -0.457 e. The summed E-state index contributed by atoms with van der Waals surface area (Å²) in [5, 5.41) is 19.3. The van der Waals surface area contributed by atoms with Gasteiger partial charge in [0.2, 0.25) is 0 Å². The van der Waals surface area contributed by atoms with Gasteiger partial charge in [0, 0.05) is 12.8 Å². The molecule has 0 aromatic carbocycles. The molecule has 0 amide bonds. The van der Waals surface area contributed by atoms with Crippen molar-refractivity contribution in [2.24, 2.45) is 0 Å². The van der Waals surface area contributed by atoms with Crippen LogP contribution in [0.15, 0.2) is 12.2 Å². The zero-order valence-corrected chi connectivity index (χ0v) is 42.0. The second-order valence-electron chi connectivity index (χ2n) is 18.2. The lowest BCUT2D eigenvalue weighted by Crippen LogP contribution is -2.28. The van der Waals surface area contributed by atoms with E-state index in [1.165, 1.54) is 186 Å². The molecule has 0 aromatic rings. The predicted molar refractivity (Wildman–Crippen MR) is 261 cm³/mol. The highest BCUT2D eigenvalue weighted by Crippen LogP contribution is 2.43. The maximum atomic E-state index is 12.4. The number of unbranched alkanes of at least 4 members (excludes halogenated alkanes) is 35. The number of phosphoric ester groups is 1. The summed E-state index contributed by atoms with van der Waals surface area (Å²) in [5.41, 5.74) is 0. The molecule has 11 heteroatoms. The van der Waals surface area contributed by atoms with Crippen LogP contribution < -0.4 is 0 Å². The van der Waals surface area contributed by atoms with Crippen molar-refractivity contribution in [3.63, 3.8) is 0 Å². The van der Waals surface area contributed by atoms with E-state index in [-0.39, 0.29) is 12.8 Å². The number of esters is 2. The van der Waals surface area contributed by atoms with Crippen LogP contribution in [0.4, 0.5) is 0 Å². The third-order valence-electron chi connectivity index (χ3n) is 12.0. The van der Waals surface area contributed by atoms with E-state index in [0.717, 1.165) is 44.9 Å². The van der Waals surface area contributed by atoms with Gasteiger partial charge in [-0.05, 0) is 38.5 Å². The highest BCUT2D eigenvalue weighted by atomic mass is 31.2. The van der Waals surface area contributed by atoms with Gasteiger partial charge < -0.3 is 24.6 Å². The van der Waals surface area contributed by atoms with E-state index in [9.17, 15) is 29.3 Å². The average molecular weight is 917 g/mol. The summed E-state index contributed by atoms with van der Waals surface area (Å²) in [6, 6.07) is 0. The summed E-state index contributed by atoms with van der Waals surface area (Å²) >= 11 is 0. The fourth-order valence-corrected chi connectivity index (χ4v) is 8.66. The third-order valence-corrected chi connectivity index (χ3v) is 12.9. The second-order valence-corrected chi connectivity index (χ2v) is 19.7. The van der Waals surface area contributed by atoms with Crippen molar-refractivity contribution < 1.29 is 47.8 Å². The molecule has 3 N–H and O–H groups in total. The molecule has 0 saturated heterocycles. The Morgan fingerprint density at radius 2 is 0.651 bits per heavy atom. The molecular formula is C52H101O10P. The average Bonchev–Trinajstić information content (AvgIpc) is 3.27. The van der Waals surface area contributed by atoms with Crippen molar-refractivity contribution in [3.05, 3.63) is 12.2 Å². The van der Waals surface area contributed by atoms with E-state index in [0.29, 0.717) is 12.8 Å². The first-order valence-electron chi connectivity index (χ1n) is 26.6. The van der Waals surface area contributed by atoms with Crippen LogP contribution in [-0.4, -0.2) is 65.7 Å². The molecular weight excluding hydrogens is 816 g/mol. The number of carbonyl (C=O) groups is 2. The summed E-state index contributed by atoms with van der Waals surface area (Å²) in [6.45, 7) is 2.26. The summed E-state index contributed by atoms with van der Waals surface area (Å²) < 4.78 is 32.7. The molecule has 0 saturated carbocycles. The smallest absolute Gasteiger partial charge is 0.457 e. The van der Waals surface area contributed by atoms with Crippen LogP contribution in [0.25, 0.3) is 0 Å². The van der Waals surface area contributed by atoms with Crippen LogP contribution in [0.5, 0.6) is 0 Å². The van der Waals surface area contributed by atoms with Gasteiger partial charge >= 0.3 is 19.8 Å². The van der Waals surface area contributed by atoms with Crippen LogP contribution in [0.1, 0.15) is 271 Å². The summed E-state index contributed by atoms with van der Waals surface area (Å²) in [6.07, 6.45) is 50.5. The van der Waals surface area contributed by atoms with Crippen molar-refractivity contribution in [1.29, 1.82) is 0 Å². The summed E-state index contributed by atoms with van der Waals surface area (Å²) in [5.74, 6) is -1.01. The molecule has 0 rings (SSSR count). The first kappa shape index (κ1) is 61.7. The van der Waals surface area contributed by atoms with Gasteiger partial charge in [-0.25, -0.2) is 4.57 Å². The molecule has 0 aromatic heterocycles. The van der Waals surface area contributed by atoms with Gasteiger partial charge in [0.05, 0.1) is 26.4 Å². The zero-order chi connectivity index (χ0) is 46.2. The number of phosphoric acid groups is 1. The highest BCUT2D eigenvalue weighted by Gasteiger charge is 2.27.